The van der Waals surface area contributed by atoms with Crippen LogP contribution in [0.15, 0.2) is 0 Å². The Labute approximate surface area is 93.4 Å². The van der Waals surface area contributed by atoms with Crippen molar-refractivity contribution in [1.29, 1.82) is 0 Å². The molecule has 0 aromatic rings. The maximum Gasteiger partial charge on any atom is 0.0108 e. The second kappa shape index (κ2) is 4.06. The van der Waals surface area contributed by atoms with Gasteiger partial charge in [-0.15, -0.1) is 0 Å². The monoisotopic (exact) mass is 208 g/mol. The zero-order chi connectivity index (χ0) is 10.1. The van der Waals surface area contributed by atoms with Crippen molar-refractivity contribution in [2.75, 3.05) is 26.2 Å². The van der Waals surface area contributed by atoms with E-state index < -0.39 is 0 Å². The molecule has 2 nitrogen and oxygen atoms in total. The third-order valence-electron chi connectivity index (χ3n) is 4.71. The minimum absolute atomic E-state index is 0.804. The zero-order valence-corrected chi connectivity index (χ0v) is 9.80. The number of hydrogen-bond donors (Lipinski definition) is 1. The summed E-state index contributed by atoms with van der Waals surface area (Å²) in [6, 6.07) is 0.901. The molecule has 3 aliphatic rings. The number of nitrogens with zero attached hydrogens (tertiary/aromatic N) is 1. The van der Waals surface area contributed by atoms with Crippen molar-refractivity contribution in [3.63, 3.8) is 0 Å². The van der Waals surface area contributed by atoms with Crippen LogP contribution in [-0.2, 0) is 0 Å². The molecule has 0 unspecified atom stereocenters. The topological polar surface area (TPSA) is 15.3 Å². The quantitative estimate of drug-likeness (QED) is 0.709. The van der Waals surface area contributed by atoms with Crippen molar-refractivity contribution in [3.8, 4) is 0 Å². The summed E-state index contributed by atoms with van der Waals surface area (Å²) in [5.41, 5.74) is 0.804. The van der Waals surface area contributed by atoms with E-state index in [-0.39, 0.29) is 0 Å². The van der Waals surface area contributed by atoms with Crippen LogP contribution in [0, 0.1) is 5.41 Å². The van der Waals surface area contributed by atoms with Gasteiger partial charge in [-0.2, -0.15) is 0 Å². The lowest BCUT2D eigenvalue weighted by Gasteiger charge is -2.38. The molecule has 1 aliphatic carbocycles. The molecule has 2 aliphatic heterocycles. The van der Waals surface area contributed by atoms with Crippen molar-refractivity contribution in [2.24, 2.45) is 5.41 Å². The standard InChI is InChI=1S/C13H24N2/c1-3-12(4-9-14-8-1)15-10-2-5-13(11-15)6-7-13/h12,14H,1-11H2/t12-/m1/s1. The van der Waals surface area contributed by atoms with Crippen LogP contribution in [0.1, 0.15) is 44.9 Å². The van der Waals surface area contributed by atoms with Crippen LogP contribution in [-0.4, -0.2) is 37.1 Å². The van der Waals surface area contributed by atoms with Crippen LogP contribution in [0.4, 0.5) is 0 Å². The van der Waals surface area contributed by atoms with Gasteiger partial charge in [-0.1, -0.05) is 0 Å². The summed E-state index contributed by atoms with van der Waals surface area (Å²) in [4.78, 5) is 2.82. The Morgan fingerprint density at radius 3 is 2.80 bits per heavy atom. The Hall–Kier alpha value is -0.0800. The first-order chi connectivity index (χ1) is 7.38. The predicted octanol–water partition coefficient (Wildman–Crippen LogP) is 2.00. The molecule has 0 amide bonds. The number of rotatable bonds is 1. The Morgan fingerprint density at radius 2 is 1.93 bits per heavy atom. The second-order valence-electron chi connectivity index (χ2n) is 5.91. The summed E-state index contributed by atoms with van der Waals surface area (Å²) >= 11 is 0. The molecule has 2 heterocycles. The molecule has 86 valence electrons. The summed E-state index contributed by atoms with van der Waals surface area (Å²) in [5, 5.41) is 3.53. The molecule has 0 radical (unpaired) electrons. The molecule has 2 saturated heterocycles. The zero-order valence-electron chi connectivity index (χ0n) is 9.80. The first kappa shape index (κ1) is 10.1. The summed E-state index contributed by atoms with van der Waals surface area (Å²) in [7, 11) is 0. The highest BCUT2D eigenvalue weighted by Crippen LogP contribution is 2.52. The van der Waals surface area contributed by atoms with Gasteiger partial charge in [-0.3, -0.25) is 4.90 Å². The summed E-state index contributed by atoms with van der Waals surface area (Å²) in [6.45, 7) is 5.30. The van der Waals surface area contributed by atoms with Crippen LogP contribution in [0.3, 0.4) is 0 Å². The van der Waals surface area contributed by atoms with E-state index >= 15 is 0 Å². The lowest BCUT2D eigenvalue weighted by molar-refractivity contribution is 0.104. The largest absolute Gasteiger partial charge is 0.317 e. The van der Waals surface area contributed by atoms with Crippen LogP contribution in [0.25, 0.3) is 0 Å². The average Bonchev–Trinajstić information content (AvgIpc) is 3.03. The van der Waals surface area contributed by atoms with Gasteiger partial charge in [0.05, 0.1) is 0 Å². The van der Waals surface area contributed by atoms with Crippen molar-refractivity contribution in [2.45, 2.75) is 51.0 Å². The SMILES string of the molecule is C1CNCC[C@H](N2CCCC3(CC3)C2)C1. The first-order valence-corrected chi connectivity index (χ1v) is 6.83. The van der Waals surface area contributed by atoms with Gasteiger partial charge in [0, 0.05) is 12.6 Å². The highest BCUT2D eigenvalue weighted by atomic mass is 15.2. The second-order valence-corrected chi connectivity index (χ2v) is 5.91. The minimum Gasteiger partial charge on any atom is -0.317 e. The van der Waals surface area contributed by atoms with Gasteiger partial charge in [0.2, 0.25) is 0 Å². The number of piperidine rings is 1. The minimum atomic E-state index is 0.804. The van der Waals surface area contributed by atoms with Crippen molar-refractivity contribution >= 4 is 0 Å². The molecule has 1 saturated carbocycles. The number of hydrogen-bond acceptors (Lipinski definition) is 2. The molecule has 15 heavy (non-hydrogen) atoms. The average molecular weight is 208 g/mol. The fraction of sp³-hybridized carbons (Fsp3) is 1.00. The Kier molecular flexibility index (Phi) is 2.73. The maximum absolute atomic E-state index is 3.53. The smallest absolute Gasteiger partial charge is 0.0108 e. The number of likely N-dealkylation sites (tertiary alicyclic amines) is 1. The van der Waals surface area contributed by atoms with Crippen molar-refractivity contribution in [1.82, 2.24) is 10.2 Å². The van der Waals surface area contributed by atoms with E-state index in [0.717, 1.165) is 11.5 Å². The molecular weight excluding hydrogens is 184 g/mol. The van der Waals surface area contributed by atoms with E-state index in [4.69, 9.17) is 0 Å². The molecular formula is C13H24N2. The molecule has 1 atom stereocenters. The van der Waals surface area contributed by atoms with Crippen LogP contribution in [0.5, 0.6) is 0 Å². The van der Waals surface area contributed by atoms with E-state index in [1.807, 2.05) is 0 Å². The molecule has 0 bridgehead atoms. The summed E-state index contributed by atoms with van der Waals surface area (Å²) in [6.07, 6.45) is 10.2. The fourth-order valence-electron chi connectivity index (χ4n) is 3.51. The first-order valence-electron chi connectivity index (χ1n) is 6.83. The van der Waals surface area contributed by atoms with Gasteiger partial charge < -0.3 is 5.32 Å². The lowest BCUT2D eigenvalue weighted by atomic mass is 9.92. The Bertz CT molecular complexity index is 215. The highest BCUT2D eigenvalue weighted by molar-refractivity contribution is 4.99. The lowest BCUT2D eigenvalue weighted by Crippen LogP contribution is -2.43. The van der Waals surface area contributed by atoms with E-state index in [2.05, 4.69) is 10.2 Å². The van der Waals surface area contributed by atoms with Gasteiger partial charge in [0.15, 0.2) is 0 Å². The Morgan fingerprint density at radius 1 is 1.00 bits per heavy atom. The number of nitrogens with one attached hydrogen (secondary N) is 1. The van der Waals surface area contributed by atoms with Gasteiger partial charge in [0.25, 0.3) is 0 Å². The summed E-state index contributed by atoms with van der Waals surface area (Å²) in [5.74, 6) is 0. The third kappa shape index (κ3) is 2.21. The van der Waals surface area contributed by atoms with Crippen LogP contribution in [0.2, 0.25) is 0 Å². The van der Waals surface area contributed by atoms with Gasteiger partial charge in [-0.25, -0.2) is 0 Å². The maximum atomic E-state index is 3.53. The third-order valence-corrected chi connectivity index (χ3v) is 4.71. The molecule has 3 fully saturated rings. The van der Waals surface area contributed by atoms with Crippen molar-refractivity contribution < 1.29 is 0 Å². The summed E-state index contributed by atoms with van der Waals surface area (Å²) < 4.78 is 0. The molecule has 2 heteroatoms. The van der Waals surface area contributed by atoms with Crippen LogP contribution >= 0.6 is 0 Å². The van der Waals surface area contributed by atoms with Gasteiger partial charge in [-0.05, 0) is 70.0 Å². The predicted molar refractivity (Wildman–Crippen MR) is 63.0 cm³/mol. The molecule has 0 aromatic heterocycles. The molecule has 0 aromatic carbocycles. The van der Waals surface area contributed by atoms with E-state index in [0.29, 0.717) is 0 Å². The van der Waals surface area contributed by atoms with Crippen molar-refractivity contribution in [3.05, 3.63) is 0 Å². The normalized spacial score (nSPS) is 36.4. The van der Waals surface area contributed by atoms with Gasteiger partial charge in [0.1, 0.15) is 0 Å². The Balaban J connectivity index is 1.59. The van der Waals surface area contributed by atoms with E-state index in [1.165, 1.54) is 71.1 Å². The van der Waals surface area contributed by atoms with Crippen LogP contribution < -0.4 is 5.32 Å². The van der Waals surface area contributed by atoms with E-state index in [9.17, 15) is 0 Å². The molecule has 3 rings (SSSR count). The molecule has 1 N–H and O–H groups in total. The fourth-order valence-corrected chi connectivity index (χ4v) is 3.51. The molecule has 1 spiro atoms. The van der Waals surface area contributed by atoms with Gasteiger partial charge >= 0.3 is 0 Å². The highest BCUT2D eigenvalue weighted by Gasteiger charge is 2.46. The van der Waals surface area contributed by atoms with E-state index in [1.54, 1.807) is 0 Å².